The summed E-state index contributed by atoms with van der Waals surface area (Å²) in [6.07, 6.45) is 2.41. The molecule has 154 valence electrons. The SMILES string of the molecule is O=C(NCCc1ccc(Oc2ccccc2)cc1)c1ccc(N2CCNCC2)nc1. The van der Waals surface area contributed by atoms with Gasteiger partial charge in [0, 0.05) is 38.9 Å². The average molecular weight is 402 g/mol. The highest BCUT2D eigenvalue weighted by atomic mass is 16.5. The summed E-state index contributed by atoms with van der Waals surface area (Å²) in [6.45, 7) is 4.37. The second-order valence-corrected chi connectivity index (χ2v) is 7.21. The largest absolute Gasteiger partial charge is 0.457 e. The van der Waals surface area contributed by atoms with Crippen molar-refractivity contribution in [3.05, 3.63) is 84.1 Å². The van der Waals surface area contributed by atoms with Crippen LogP contribution >= 0.6 is 0 Å². The van der Waals surface area contributed by atoms with Crippen LogP contribution in [0.2, 0.25) is 0 Å². The second kappa shape index (κ2) is 9.89. The van der Waals surface area contributed by atoms with E-state index in [1.807, 2.05) is 66.7 Å². The van der Waals surface area contributed by atoms with Crippen molar-refractivity contribution >= 4 is 11.7 Å². The number of hydrogen-bond acceptors (Lipinski definition) is 5. The summed E-state index contributed by atoms with van der Waals surface area (Å²) in [4.78, 5) is 19.1. The Morgan fingerprint density at radius 1 is 0.967 bits per heavy atom. The van der Waals surface area contributed by atoms with Crippen LogP contribution < -0.4 is 20.3 Å². The molecule has 2 aromatic carbocycles. The number of aromatic nitrogens is 1. The standard InChI is InChI=1S/C24H26N4O2/c29-24(20-8-11-23(27-18-20)28-16-14-25-15-17-28)26-13-12-19-6-9-22(10-7-19)30-21-4-2-1-3-5-21/h1-11,18,25H,12-17H2,(H,26,29). The Bertz CT molecular complexity index is 937. The molecular formula is C24H26N4O2. The van der Waals surface area contributed by atoms with Gasteiger partial charge in [0.1, 0.15) is 17.3 Å². The summed E-state index contributed by atoms with van der Waals surface area (Å²) in [5, 5.41) is 6.29. The van der Waals surface area contributed by atoms with Gasteiger partial charge in [0.05, 0.1) is 5.56 Å². The maximum absolute atomic E-state index is 12.4. The highest BCUT2D eigenvalue weighted by Crippen LogP contribution is 2.21. The molecule has 0 atom stereocenters. The van der Waals surface area contributed by atoms with Crippen molar-refractivity contribution < 1.29 is 9.53 Å². The number of para-hydroxylation sites is 1. The van der Waals surface area contributed by atoms with Crippen LogP contribution in [0.1, 0.15) is 15.9 Å². The quantitative estimate of drug-likeness (QED) is 0.635. The Morgan fingerprint density at radius 2 is 1.70 bits per heavy atom. The van der Waals surface area contributed by atoms with Gasteiger partial charge in [0.25, 0.3) is 5.91 Å². The Labute approximate surface area is 176 Å². The van der Waals surface area contributed by atoms with E-state index >= 15 is 0 Å². The van der Waals surface area contributed by atoms with Gasteiger partial charge in [0.15, 0.2) is 0 Å². The first-order valence-corrected chi connectivity index (χ1v) is 10.3. The van der Waals surface area contributed by atoms with E-state index in [1.165, 1.54) is 0 Å². The zero-order chi connectivity index (χ0) is 20.6. The van der Waals surface area contributed by atoms with Crippen LogP contribution in [0.4, 0.5) is 5.82 Å². The molecule has 1 aliphatic heterocycles. The molecule has 6 nitrogen and oxygen atoms in total. The number of anilines is 1. The van der Waals surface area contributed by atoms with Crippen LogP contribution in [0.3, 0.4) is 0 Å². The van der Waals surface area contributed by atoms with E-state index in [0.29, 0.717) is 12.1 Å². The maximum Gasteiger partial charge on any atom is 0.252 e. The molecule has 1 saturated heterocycles. The molecule has 0 saturated carbocycles. The van der Waals surface area contributed by atoms with Crippen molar-refractivity contribution in [1.29, 1.82) is 0 Å². The molecule has 0 unspecified atom stereocenters. The Hall–Kier alpha value is -3.38. The molecule has 2 heterocycles. The molecule has 0 aliphatic carbocycles. The first kappa shape index (κ1) is 19.9. The minimum atomic E-state index is -0.0987. The van der Waals surface area contributed by atoms with E-state index in [4.69, 9.17) is 4.74 Å². The third kappa shape index (κ3) is 5.36. The van der Waals surface area contributed by atoms with Gasteiger partial charge in [-0.25, -0.2) is 4.98 Å². The molecule has 6 heteroatoms. The lowest BCUT2D eigenvalue weighted by atomic mass is 10.1. The van der Waals surface area contributed by atoms with Crippen molar-refractivity contribution in [3.63, 3.8) is 0 Å². The molecule has 0 spiro atoms. The van der Waals surface area contributed by atoms with Crippen LogP contribution in [0.15, 0.2) is 72.9 Å². The first-order valence-electron chi connectivity index (χ1n) is 10.3. The number of hydrogen-bond donors (Lipinski definition) is 2. The van der Waals surface area contributed by atoms with Gasteiger partial charge in [-0.15, -0.1) is 0 Å². The minimum absolute atomic E-state index is 0.0987. The molecule has 0 bridgehead atoms. The highest BCUT2D eigenvalue weighted by molar-refractivity contribution is 5.94. The number of pyridine rings is 1. The van der Waals surface area contributed by atoms with Crippen molar-refractivity contribution in [3.8, 4) is 11.5 Å². The molecule has 1 aliphatic rings. The number of amides is 1. The van der Waals surface area contributed by atoms with Crippen LogP contribution in [0.25, 0.3) is 0 Å². The van der Waals surface area contributed by atoms with Crippen molar-refractivity contribution in [1.82, 2.24) is 15.6 Å². The average Bonchev–Trinajstić information content (AvgIpc) is 2.81. The Morgan fingerprint density at radius 3 is 2.40 bits per heavy atom. The fourth-order valence-electron chi connectivity index (χ4n) is 3.37. The number of rotatable bonds is 7. The van der Waals surface area contributed by atoms with Gasteiger partial charge in [-0.1, -0.05) is 30.3 Å². The third-order valence-corrected chi connectivity index (χ3v) is 5.05. The number of piperazine rings is 1. The summed E-state index contributed by atoms with van der Waals surface area (Å²) in [5.41, 5.74) is 1.73. The zero-order valence-electron chi connectivity index (χ0n) is 16.9. The smallest absolute Gasteiger partial charge is 0.252 e. The molecule has 30 heavy (non-hydrogen) atoms. The van der Waals surface area contributed by atoms with Crippen molar-refractivity contribution in [2.75, 3.05) is 37.6 Å². The predicted molar refractivity (Wildman–Crippen MR) is 118 cm³/mol. The maximum atomic E-state index is 12.4. The first-order chi connectivity index (χ1) is 14.8. The van der Waals surface area contributed by atoms with Crippen molar-refractivity contribution in [2.45, 2.75) is 6.42 Å². The van der Waals surface area contributed by atoms with E-state index in [1.54, 1.807) is 6.20 Å². The monoisotopic (exact) mass is 402 g/mol. The summed E-state index contributed by atoms with van der Waals surface area (Å²) < 4.78 is 5.80. The second-order valence-electron chi connectivity index (χ2n) is 7.21. The van der Waals surface area contributed by atoms with Gasteiger partial charge in [-0.2, -0.15) is 0 Å². The van der Waals surface area contributed by atoms with E-state index in [2.05, 4.69) is 20.5 Å². The topological polar surface area (TPSA) is 66.5 Å². The van der Waals surface area contributed by atoms with E-state index in [0.717, 1.165) is 55.5 Å². The lowest BCUT2D eigenvalue weighted by molar-refractivity contribution is 0.0954. The number of nitrogens with one attached hydrogen (secondary N) is 2. The summed E-state index contributed by atoms with van der Waals surface area (Å²) in [6, 6.07) is 21.4. The molecule has 1 amide bonds. The molecule has 4 rings (SSSR count). The Balaban J connectivity index is 1.24. The number of ether oxygens (including phenoxy) is 1. The van der Waals surface area contributed by atoms with E-state index < -0.39 is 0 Å². The van der Waals surface area contributed by atoms with Crippen LogP contribution in [-0.2, 0) is 6.42 Å². The number of carbonyl (C=O) groups is 1. The Kier molecular flexibility index (Phi) is 6.57. The normalized spacial score (nSPS) is 13.7. The molecule has 3 aromatic rings. The molecular weight excluding hydrogens is 376 g/mol. The zero-order valence-corrected chi connectivity index (χ0v) is 16.9. The van der Waals surface area contributed by atoms with E-state index in [9.17, 15) is 4.79 Å². The number of carbonyl (C=O) groups excluding carboxylic acids is 1. The van der Waals surface area contributed by atoms with Gasteiger partial charge in [-0.3, -0.25) is 4.79 Å². The molecule has 1 aromatic heterocycles. The minimum Gasteiger partial charge on any atom is -0.457 e. The van der Waals surface area contributed by atoms with Gasteiger partial charge in [0.2, 0.25) is 0 Å². The summed E-state index contributed by atoms with van der Waals surface area (Å²) in [7, 11) is 0. The molecule has 1 fully saturated rings. The van der Waals surface area contributed by atoms with Gasteiger partial charge >= 0.3 is 0 Å². The highest BCUT2D eigenvalue weighted by Gasteiger charge is 2.12. The van der Waals surface area contributed by atoms with E-state index in [-0.39, 0.29) is 5.91 Å². The number of nitrogens with zero attached hydrogens (tertiary/aromatic N) is 2. The number of benzene rings is 2. The molecule has 2 N–H and O–H groups in total. The summed E-state index contributed by atoms with van der Waals surface area (Å²) in [5.74, 6) is 2.43. The van der Waals surface area contributed by atoms with Crippen LogP contribution in [-0.4, -0.2) is 43.6 Å². The lowest BCUT2D eigenvalue weighted by Crippen LogP contribution is -2.43. The predicted octanol–water partition coefficient (Wildman–Crippen LogP) is 3.26. The van der Waals surface area contributed by atoms with Gasteiger partial charge < -0.3 is 20.3 Å². The lowest BCUT2D eigenvalue weighted by Gasteiger charge is -2.28. The van der Waals surface area contributed by atoms with Crippen LogP contribution in [0, 0.1) is 0 Å². The third-order valence-electron chi connectivity index (χ3n) is 5.05. The fraction of sp³-hybridized carbons (Fsp3) is 0.250. The molecule has 0 radical (unpaired) electrons. The van der Waals surface area contributed by atoms with Gasteiger partial charge in [-0.05, 0) is 48.4 Å². The van der Waals surface area contributed by atoms with Crippen LogP contribution in [0.5, 0.6) is 11.5 Å². The fourth-order valence-corrected chi connectivity index (χ4v) is 3.37. The van der Waals surface area contributed by atoms with Crippen molar-refractivity contribution in [2.24, 2.45) is 0 Å². The summed E-state index contributed by atoms with van der Waals surface area (Å²) >= 11 is 0.